The maximum Gasteiger partial charge on any atom is 0.393 e. The van der Waals surface area contributed by atoms with Gasteiger partial charge in [-0.25, -0.2) is 0 Å². The Morgan fingerprint density at radius 1 is 0.561 bits per heavy atom. The van der Waals surface area contributed by atoms with Crippen molar-refractivity contribution in [2.45, 2.75) is 274 Å². The molecule has 606 valence electrons. The van der Waals surface area contributed by atoms with Gasteiger partial charge < -0.3 is 65.4 Å². The van der Waals surface area contributed by atoms with Crippen molar-refractivity contribution in [3.8, 4) is 0 Å². The summed E-state index contributed by atoms with van der Waals surface area (Å²) in [6, 6.07) is -8.76. The number of nitrogens with zero attached hydrogens (tertiary/aromatic N) is 9. The van der Waals surface area contributed by atoms with E-state index in [1.165, 1.54) is 83.6 Å². The lowest BCUT2D eigenvalue weighted by Crippen LogP contribution is -2.66. The van der Waals surface area contributed by atoms with E-state index in [1.54, 1.807) is 18.9 Å². The second-order valence-corrected chi connectivity index (χ2v) is 34.2. The van der Waals surface area contributed by atoms with Crippen LogP contribution in [0.2, 0.25) is 0 Å². The summed E-state index contributed by atoms with van der Waals surface area (Å²) < 4.78 is 42.5. The highest BCUT2D eigenvalue weighted by Crippen LogP contribution is 2.44. The van der Waals surface area contributed by atoms with Crippen molar-refractivity contribution < 1.29 is 70.7 Å². The van der Waals surface area contributed by atoms with Gasteiger partial charge in [0.05, 0.1) is 32.0 Å². The zero-order valence-corrected chi connectivity index (χ0v) is 67.2. The predicted molar refractivity (Wildman–Crippen MR) is 401 cm³/mol. The van der Waals surface area contributed by atoms with Gasteiger partial charge in [-0.1, -0.05) is 105 Å². The van der Waals surface area contributed by atoms with Gasteiger partial charge in [0.15, 0.2) is 0 Å². The molecule has 29 heteroatoms. The number of alkyl halides is 4. The van der Waals surface area contributed by atoms with Crippen LogP contribution in [0.4, 0.5) is 13.2 Å². The molecule has 7 fully saturated rings. The van der Waals surface area contributed by atoms with Gasteiger partial charge >= 0.3 is 6.18 Å². The van der Waals surface area contributed by atoms with Gasteiger partial charge in [0.2, 0.25) is 70.9 Å². The van der Waals surface area contributed by atoms with Gasteiger partial charge in [-0.3, -0.25) is 57.5 Å². The number of hydrogen-bond acceptors (Lipinski definition) is 13. The number of piperidine rings is 2. The number of likely N-dealkylation sites (N-methyl/N-ethyl adjacent to an activating group) is 8. The molecule has 0 radical (unpaired) electrons. The first-order chi connectivity index (χ1) is 50.5. The molecular weight excluding hydrogens is 1400 g/mol. The molecule has 107 heavy (non-hydrogen) atoms. The quantitative estimate of drug-likeness (QED) is 0.136. The maximum absolute atomic E-state index is 16.1. The Bertz CT molecular complexity index is 3070. The van der Waals surface area contributed by atoms with Gasteiger partial charge in [-0.05, 0) is 157 Å². The third kappa shape index (κ3) is 23.4. The summed E-state index contributed by atoms with van der Waals surface area (Å²) in [5.74, 6) is -10.7. The van der Waals surface area contributed by atoms with Crippen molar-refractivity contribution in [1.29, 1.82) is 0 Å². The molecule has 13 atom stereocenters. The summed E-state index contributed by atoms with van der Waals surface area (Å²) in [4.78, 5) is 194. The van der Waals surface area contributed by atoms with Crippen molar-refractivity contribution >= 4 is 82.5 Å². The Kier molecular flexibility index (Phi) is 32.9. The Labute approximate surface area is 639 Å². The van der Waals surface area contributed by atoms with Crippen molar-refractivity contribution in [2.24, 2.45) is 47.3 Å². The van der Waals surface area contributed by atoms with Crippen molar-refractivity contribution in [3.05, 3.63) is 0 Å². The highest BCUT2D eigenvalue weighted by Gasteiger charge is 2.52. The van der Waals surface area contributed by atoms with Gasteiger partial charge in [0.1, 0.15) is 47.8 Å². The van der Waals surface area contributed by atoms with E-state index in [0.29, 0.717) is 77.5 Å². The van der Waals surface area contributed by atoms with Crippen LogP contribution in [-0.2, 0) is 57.5 Å². The number of carbonyl (C=O) groups excluding carboxylic acids is 12. The van der Waals surface area contributed by atoms with Crippen LogP contribution in [0.25, 0.3) is 0 Å². The van der Waals surface area contributed by atoms with Crippen LogP contribution in [0, 0.1) is 47.3 Å². The summed E-state index contributed by atoms with van der Waals surface area (Å²) in [5.41, 5.74) is -1.60. The summed E-state index contributed by atoms with van der Waals surface area (Å²) in [7, 11) is 11.6. The Morgan fingerprint density at radius 3 is 1.75 bits per heavy atom. The normalized spacial score (nSPS) is 30.7. The van der Waals surface area contributed by atoms with Crippen LogP contribution in [-0.4, -0.2) is 277 Å². The van der Waals surface area contributed by atoms with Crippen LogP contribution in [0.3, 0.4) is 0 Å². The Morgan fingerprint density at radius 2 is 1.15 bits per heavy atom. The van der Waals surface area contributed by atoms with Gasteiger partial charge in [-0.15, -0.1) is 11.6 Å². The fraction of sp³-hybridized carbons (Fsp3) is 0.846. The van der Waals surface area contributed by atoms with E-state index in [0.717, 1.165) is 62.7 Å². The van der Waals surface area contributed by atoms with Gasteiger partial charge in [0, 0.05) is 74.8 Å². The first-order valence-electron chi connectivity index (χ1n) is 40.2. The van der Waals surface area contributed by atoms with E-state index in [4.69, 9.17) is 11.6 Å². The second kappa shape index (κ2) is 40.0. The summed E-state index contributed by atoms with van der Waals surface area (Å²) in [6.45, 7) is 9.77. The SMILES string of the molecule is CC[C@H](C)[C@@H]1NC(=O)[C@H](CC(C)C)N(C)C(=O)C[C@@H](C(=O)N2CCCCC2)N(C)C(=O)[C@H](C2CCCCC2)N(C)C(=O)C2(CCCC2)NC(=O)[C@H](CC2CNCC(C)C2)N(C)C(=O)[C@H](CCC2CCC(C(F)(F)F)C(Cl)C2)NC(=O)CN(C)C(=O)[C@H](CC2CCCCC2)N(C)C(=O)CN(C)C(=O)CN(C)C1=O. The lowest BCUT2D eigenvalue weighted by Gasteiger charge is -2.44. The molecule has 3 aliphatic heterocycles. The van der Waals surface area contributed by atoms with E-state index in [-0.39, 0.29) is 93.8 Å². The molecule has 7 aliphatic rings. The lowest BCUT2D eigenvalue weighted by atomic mass is 9.78. The molecule has 3 heterocycles. The molecular formula is C78H129ClF3N13O12. The zero-order valence-electron chi connectivity index (χ0n) is 66.4. The lowest BCUT2D eigenvalue weighted by molar-refractivity contribution is -0.182. The fourth-order valence-electron chi connectivity index (χ4n) is 17.9. The molecule has 0 aromatic carbocycles. The fourth-order valence-corrected chi connectivity index (χ4v) is 18.4. The number of halogens is 4. The highest BCUT2D eigenvalue weighted by atomic mass is 35.5. The van der Waals surface area contributed by atoms with Crippen LogP contribution < -0.4 is 21.3 Å². The number of carbonyl (C=O) groups is 12. The van der Waals surface area contributed by atoms with Crippen LogP contribution in [0.1, 0.15) is 214 Å². The monoisotopic (exact) mass is 1530 g/mol. The predicted octanol–water partition coefficient (Wildman–Crippen LogP) is 6.96. The minimum atomic E-state index is -4.52. The molecule has 0 aromatic rings. The highest BCUT2D eigenvalue weighted by molar-refractivity contribution is 6.21. The number of amides is 12. The standard InChI is InChI=1S/C78H129ClF3N13O12/c1-14-51(5)67-74(105)89(8)47-65(98)87(6)48-66(99)91(10)61(41-52-26-18-15-19-27-52)72(103)88(7)46-63(96)84-58(33-31-53-30-32-56(57(79)40-53)78(80,81)82)71(102)92(11)60(42-54-39-50(4)44-83-45-54)70(101)86-77(34-22-23-35-77)76(107)94(13)68(55-28-20-16-21-29-55)75(106)93(12)62(73(104)95-36-24-17-25-37-95)43-64(97)90(9)59(38-49(2)3)69(100)85-67/h49-62,67-68,83H,14-48H2,1-13H3,(H,84,96)(H,85,100)(H,86,101)/t50?,51-,53?,54?,56?,57?,58-,59-,60-,61-,62-,67-,68-/m0/s1. The van der Waals surface area contributed by atoms with E-state index in [1.807, 2.05) is 20.8 Å². The smallest absolute Gasteiger partial charge is 0.343 e. The molecule has 0 bridgehead atoms. The van der Waals surface area contributed by atoms with Crippen molar-refractivity contribution in [2.75, 3.05) is 102 Å². The average molecular weight is 1530 g/mol. The summed E-state index contributed by atoms with van der Waals surface area (Å²) in [5, 5.41) is 11.2. The first-order valence-corrected chi connectivity index (χ1v) is 40.6. The number of rotatable bonds is 13. The van der Waals surface area contributed by atoms with Crippen LogP contribution >= 0.6 is 11.6 Å². The molecule has 4 aliphatic carbocycles. The molecule has 5 unspecified atom stereocenters. The Hall–Kier alpha value is -6.32. The third-order valence-electron chi connectivity index (χ3n) is 25.0. The molecule has 3 saturated heterocycles. The average Bonchev–Trinajstić information content (AvgIpc) is 1.76. The molecule has 7 rings (SSSR count). The zero-order chi connectivity index (χ0) is 78.9. The largest absolute Gasteiger partial charge is 0.393 e. The second-order valence-electron chi connectivity index (χ2n) is 33.6. The molecule has 1 spiro atoms. The minimum absolute atomic E-state index is 0.0118. The molecule has 12 amide bonds. The summed E-state index contributed by atoms with van der Waals surface area (Å²) in [6.07, 6.45) is 7.93. The molecule has 4 saturated carbocycles. The topological polar surface area (TPSA) is 282 Å². The summed E-state index contributed by atoms with van der Waals surface area (Å²) >= 11 is 6.48. The first kappa shape index (κ1) is 87.9. The van der Waals surface area contributed by atoms with Crippen molar-refractivity contribution in [3.63, 3.8) is 0 Å². The number of nitrogens with one attached hydrogen (secondary N) is 4. The van der Waals surface area contributed by atoms with E-state index < -0.39 is 174 Å². The Balaban J connectivity index is 1.32. The van der Waals surface area contributed by atoms with Crippen molar-refractivity contribution in [1.82, 2.24) is 65.4 Å². The maximum atomic E-state index is 16.1. The van der Waals surface area contributed by atoms with Crippen LogP contribution in [0.15, 0.2) is 0 Å². The van der Waals surface area contributed by atoms with Gasteiger partial charge in [-0.2, -0.15) is 13.2 Å². The van der Waals surface area contributed by atoms with Crippen LogP contribution in [0.5, 0.6) is 0 Å². The van der Waals surface area contributed by atoms with E-state index >= 15 is 33.6 Å². The van der Waals surface area contributed by atoms with E-state index in [2.05, 4.69) is 28.2 Å². The minimum Gasteiger partial charge on any atom is -0.343 e. The number of hydrogen-bond donors (Lipinski definition) is 4. The molecule has 25 nitrogen and oxygen atoms in total. The molecule has 4 N–H and O–H groups in total. The molecule has 0 aromatic heterocycles. The third-order valence-corrected chi connectivity index (χ3v) is 25.4. The van der Waals surface area contributed by atoms with Gasteiger partial charge in [0.25, 0.3) is 0 Å². The van der Waals surface area contributed by atoms with E-state index in [9.17, 15) is 37.1 Å². The number of likely N-dealkylation sites (tertiary alicyclic amines) is 1.